The van der Waals surface area contributed by atoms with E-state index in [2.05, 4.69) is 15.3 Å². The molecule has 0 saturated carbocycles. The standard InChI is InChI=1S/C11H16ClN3O/c1-3-9-14-10(12)7(2)11(15-9)13-8-4-5-16-6-8/h8H,3-6H2,1-2H3,(H,13,14,15). The molecule has 1 aromatic rings. The van der Waals surface area contributed by atoms with Crippen molar-refractivity contribution in [3.8, 4) is 0 Å². The Morgan fingerprint density at radius 1 is 1.50 bits per heavy atom. The van der Waals surface area contributed by atoms with Gasteiger partial charge < -0.3 is 10.1 Å². The molecule has 1 aromatic heterocycles. The van der Waals surface area contributed by atoms with E-state index in [4.69, 9.17) is 16.3 Å². The fourth-order valence-electron chi connectivity index (χ4n) is 1.67. The van der Waals surface area contributed by atoms with Crippen molar-refractivity contribution in [3.63, 3.8) is 0 Å². The Balaban J connectivity index is 2.20. The van der Waals surface area contributed by atoms with Gasteiger partial charge in [-0.25, -0.2) is 9.97 Å². The summed E-state index contributed by atoms with van der Waals surface area (Å²) in [5.41, 5.74) is 0.908. The zero-order valence-electron chi connectivity index (χ0n) is 9.59. The highest BCUT2D eigenvalue weighted by molar-refractivity contribution is 6.30. The third-order valence-electron chi connectivity index (χ3n) is 2.72. The van der Waals surface area contributed by atoms with Crippen LogP contribution in [0.2, 0.25) is 5.15 Å². The number of nitrogens with one attached hydrogen (secondary N) is 1. The number of aromatic nitrogens is 2. The van der Waals surface area contributed by atoms with Crippen molar-refractivity contribution >= 4 is 17.4 Å². The number of anilines is 1. The molecule has 16 heavy (non-hydrogen) atoms. The summed E-state index contributed by atoms with van der Waals surface area (Å²) in [4.78, 5) is 8.66. The van der Waals surface area contributed by atoms with Gasteiger partial charge in [0.05, 0.1) is 12.6 Å². The highest BCUT2D eigenvalue weighted by atomic mass is 35.5. The van der Waals surface area contributed by atoms with E-state index < -0.39 is 0 Å². The van der Waals surface area contributed by atoms with Crippen LogP contribution in [-0.2, 0) is 11.2 Å². The molecule has 0 aromatic carbocycles. The van der Waals surface area contributed by atoms with E-state index >= 15 is 0 Å². The zero-order chi connectivity index (χ0) is 11.5. The molecular weight excluding hydrogens is 226 g/mol. The summed E-state index contributed by atoms with van der Waals surface area (Å²) < 4.78 is 5.32. The van der Waals surface area contributed by atoms with Gasteiger partial charge in [-0.1, -0.05) is 18.5 Å². The van der Waals surface area contributed by atoms with Crippen molar-refractivity contribution < 1.29 is 4.74 Å². The predicted molar refractivity (Wildman–Crippen MR) is 64.0 cm³/mol. The Morgan fingerprint density at radius 3 is 2.94 bits per heavy atom. The van der Waals surface area contributed by atoms with Gasteiger partial charge in [0.1, 0.15) is 16.8 Å². The molecule has 0 radical (unpaired) electrons. The summed E-state index contributed by atoms with van der Waals surface area (Å²) in [5.74, 6) is 1.62. The van der Waals surface area contributed by atoms with Gasteiger partial charge in [0.25, 0.3) is 0 Å². The number of rotatable bonds is 3. The minimum Gasteiger partial charge on any atom is -0.379 e. The first-order valence-corrected chi connectivity index (χ1v) is 5.95. The van der Waals surface area contributed by atoms with Crippen LogP contribution in [0.15, 0.2) is 0 Å². The number of aryl methyl sites for hydroxylation is 1. The van der Waals surface area contributed by atoms with Crippen LogP contribution in [0.1, 0.15) is 24.7 Å². The van der Waals surface area contributed by atoms with Gasteiger partial charge in [0.15, 0.2) is 0 Å². The van der Waals surface area contributed by atoms with Crippen molar-refractivity contribution in [3.05, 3.63) is 16.5 Å². The lowest BCUT2D eigenvalue weighted by Crippen LogP contribution is -2.21. The SMILES string of the molecule is CCc1nc(Cl)c(C)c(NC2CCOC2)n1. The van der Waals surface area contributed by atoms with Gasteiger partial charge in [0, 0.05) is 18.6 Å². The molecule has 1 unspecified atom stereocenters. The average Bonchev–Trinajstić information content (AvgIpc) is 2.77. The third kappa shape index (κ3) is 2.44. The highest BCUT2D eigenvalue weighted by Gasteiger charge is 2.18. The lowest BCUT2D eigenvalue weighted by molar-refractivity contribution is 0.195. The fourth-order valence-corrected chi connectivity index (χ4v) is 1.86. The number of ether oxygens (including phenoxy) is 1. The van der Waals surface area contributed by atoms with E-state index in [1.54, 1.807) is 0 Å². The van der Waals surface area contributed by atoms with Gasteiger partial charge in [-0.3, -0.25) is 0 Å². The Labute approximate surface area is 100 Å². The second-order valence-electron chi connectivity index (χ2n) is 3.96. The molecule has 5 heteroatoms. The van der Waals surface area contributed by atoms with Gasteiger partial charge in [0.2, 0.25) is 0 Å². The summed E-state index contributed by atoms with van der Waals surface area (Å²) in [6.45, 7) is 5.50. The lowest BCUT2D eigenvalue weighted by Gasteiger charge is -2.14. The van der Waals surface area contributed by atoms with Crippen LogP contribution < -0.4 is 5.32 Å². The van der Waals surface area contributed by atoms with Crippen molar-refractivity contribution in [1.29, 1.82) is 0 Å². The van der Waals surface area contributed by atoms with Crippen LogP contribution in [-0.4, -0.2) is 29.2 Å². The molecule has 0 spiro atoms. The van der Waals surface area contributed by atoms with Crippen LogP contribution in [0, 0.1) is 6.92 Å². The second kappa shape index (κ2) is 4.97. The normalized spacial score (nSPS) is 20.1. The lowest BCUT2D eigenvalue weighted by atomic mass is 10.2. The molecule has 1 N–H and O–H groups in total. The van der Waals surface area contributed by atoms with Gasteiger partial charge in [-0.2, -0.15) is 0 Å². The molecule has 4 nitrogen and oxygen atoms in total. The second-order valence-corrected chi connectivity index (χ2v) is 4.32. The molecule has 1 aliphatic rings. The first-order valence-electron chi connectivity index (χ1n) is 5.58. The van der Waals surface area contributed by atoms with Gasteiger partial charge in [-0.05, 0) is 13.3 Å². The molecular formula is C11H16ClN3O. The van der Waals surface area contributed by atoms with Crippen LogP contribution in [0.5, 0.6) is 0 Å². The van der Waals surface area contributed by atoms with Gasteiger partial charge in [-0.15, -0.1) is 0 Å². The third-order valence-corrected chi connectivity index (χ3v) is 3.09. The minimum absolute atomic E-state index is 0.342. The Bertz CT molecular complexity index is 378. The molecule has 0 bridgehead atoms. The summed E-state index contributed by atoms with van der Waals surface area (Å²) >= 11 is 6.06. The maximum absolute atomic E-state index is 6.06. The van der Waals surface area contributed by atoms with Crippen LogP contribution in [0.4, 0.5) is 5.82 Å². The number of halogens is 1. The maximum atomic E-state index is 6.06. The monoisotopic (exact) mass is 241 g/mol. The zero-order valence-corrected chi connectivity index (χ0v) is 10.3. The molecule has 88 valence electrons. The largest absolute Gasteiger partial charge is 0.379 e. The molecule has 1 aliphatic heterocycles. The fraction of sp³-hybridized carbons (Fsp3) is 0.636. The Hall–Kier alpha value is -0.870. The summed E-state index contributed by atoms with van der Waals surface area (Å²) in [7, 11) is 0. The van der Waals surface area contributed by atoms with Gasteiger partial charge >= 0.3 is 0 Å². The maximum Gasteiger partial charge on any atom is 0.137 e. The molecule has 2 rings (SSSR count). The van der Waals surface area contributed by atoms with E-state index in [0.717, 1.165) is 43.3 Å². The van der Waals surface area contributed by atoms with Crippen molar-refractivity contribution in [1.82, 2.24) is 9.97 Å². The summed E-state index contributed by atoms with van der Waals surface area (Å²) in [6, 6.07) is 0.342. The number of nitrogens with zero attached hydrogens (tertiary/aromatic N) is 2. The van der Waals surface area contributed by atoms with E-state index in [9.17, 15) is 0 Å². The Morgan fingerprint density at radius 2 is 2.31 bits per heavy atom. The van der Waals surface area contributed by atoms with E-state index in [0.29, 0.717) is 11.2 Å². The van der Waals surface area contributed by atoms with Crippen LogP contribution in [0.25, 0.3) is 0 Å². The average molecular weight is 242 g/mol. The quantitative estimate of drug-likeness (QED) is 0.825. The number of hydrogen-bond acceptors (Lipinski definition) is 4. The first-order chi connectivity index (χ1) is 7.70. The van der Waals surface area contributed by atoms with Crippen molar-refractivity contribution in [2.24, 2.45) is 0 Å². The topological polar surface area (TPSA) is 47.0 Å². The summed E-state index contributed by atoms with van der Waals surface area (Å²) in [5, 5.41) is 3.90. The molecule has 1 saturated heterocycles. The Kier molecular flexibility index (Phi) is 3.61. The van der Waals surface area contributed by atoms with Crippen LogP contribution in [0.3, 0.4) is 0 Å². The van der Waals surface area contributed by atoms with E-state index in [-0.39, 0.29) is 0 Å². The van der Waals surface area contributed by atoms with Crippen LogP contribution >= 0.6 is 11.6 Å². The molecule has 1 atom stereocenters. The molecule has 0 amide bonds. The van der Waals surface area contributed by atoms with E-state index in [1.807, 2.05) is 13.8 Å². The van der Waals surface area contributed by atoms with E-state index in [1.165, 1.54) is 0 Å². The predicted octanol–water partition coefficient (Wildman–Crippen LogP) is 2.20. The number of hydrogen-bond donors (Lipinski definition) is 1. The van der Waals surface area contributed by atoms with Crippen molar-refractivity contribution in [2.45, 2.75) is 32.7 Å². The van der Waals surface area contributed by atoms with Crippen molar-refractivity contribution in [2.75, 3.05) is 18.5 Å². The smallest absolute Gasteiger partial charge is 0.137 e. The molecule has 0 aliphatic carbocycles. The molecule has 2 heterocycles. The highest BCUT2D eigenvalue weighted by Crippen LogP contribution is 2.22. The minimum atomic E-state index is 0.342. The first kappa shape index (κ1) is 11.6. The molecule has 1 fully saturated rings. The summed E-state index contributed by atoms with van der Waals surface area (Å²) in [6.07, 6.45) is 1.80.